The summed E-state index contributed by atoms with van der Waals surface area (Å²) in [6, 6.07) is 19.1. The molecule has 2 aliphatic carbocycles. The minimum absolute atomic E-state index is 0.786. The largest absolute Gasteiger partial charge is 0.0654 e. The molecule has 0 aromatic heterocycles. The van der Waals surface area contributed by atoms with Gasteiger partial charge in [-0.25, -0.2) is 0 Å². The van der Waals surface area contributed by atoms with Gasteiger partial charge < -0.3 is 0 Å². The first-order valence-corrected chi connectivity index (χ1v) is 14.4. The van der Waals surface area contributed by atoms with Crippen LogP contribution < -0.4 is 0 Å². The van der Waals surface area contributed by atoms with E-state index in [1.165, 1.54) is 107 Å². The highest BCUT2D eigenvalue weighted by Crippen LogP contribution is 2.39. The second-order valence-corrected chi connectivity index (χ2v) is 11.5. The molecule has 0 amide bonds. The molecule has 33 heavy (non-hydrogen) atoms. The molecule has 0 bridgehead atoms. The fourth-order valence-electron chi connectivity index (χ4n) is 6.49. The van der Waals surface area contributed by atoms with Crippen LogP contribution in [-0.2, 0) is 0 Å². The van der Waals surface area contributed by atoms with Gasteiger partial charge in [-0.3, -0.25) is 0 Å². The molecule has 0 saturated heterocycles. The predicted octanol–water partition coefficient (Wildman–Crippen LogP) is 10.7. The van der Waals surface area contributed by atoms with Crippen LogP contribution in [0, 0.1) is 11.8 Å². The summed E-state index contributed by atoms with van der Waals surface area (Å²) in [5, 5.41) is 0. The molecular weight excluding hydrogens is 396 g/mol. The molecule has 0 radical (unpaired) electrons. The number of benzene rings is 2. The van der Waals surface area contributed by atoms with Crippen molar-refractivity contribution in [2.45, 2.75) is 122 Å². The molecule has 0 N–H and O–H groups in total. The van der Waals surface area contributed by atoms with Gasteiger partial charge in [0.05, 0.1) is 0 Å². The number of unbranched alkanes of at least 4 members (excludes halogenated alkanes) is 5. The SMILES string of the molecule is CCCCCCCC[C@H]1CC[C@H](c2ccc(-c3ccc([C@H]4CC[C@H](C)CC4)cc3)cc2)CC1. The van der Waals surface area contributed by atoms with Crippen LogP contribution in [0.2, 0.25) is 0 Å². The van der Waals surface area contributed by atoms with Crippen molar-refractivity contribution in [1.82, 2.24) is 0 Å². The van der Waals surface area contributed by atoms with Gasteiger partial charge in [0.2, 0.25) is 0 Å². The monoisotopic (exact) mass is 444 g/mol. The normalized spacial score (nSPS) is 25.8. The lowest BCUT2D eigenvalue weighted by atomic mass is 9.77. The Hall–Kier alpha value is -1.56. The van der Waals surface area contributed by atoms with Gasteiger partial charge in [0.1, 0.15) is 0 Å². The summed E-state index contributed by atoms with van der Waals surface area (Å²) in [6.45, 7) is 4.71. The molecule has 2 aromatic carbocycles. The average molecular weight is 445 g/mol. The highest BCUT2D eigenvalue weighted by molar-refractivity contribution is 5.64. The van der Waals surface area contributed by atoms with E-state index in [0.717, 1.165) is 23.7 Å². The van der Waals surface area contributed by atoms with Gasteiger partial charge in [-0.1, -0.05) is 120 Å². The smallest absolute Gasteiger partial charge is 0.0162 e. The first-order valence-electron chi connectivity index (χ1n) is 14.4. The van der Waals surface area contributed by atoms with E-state index in [-0.39, 0.29) is 0 Å². The van der Waals surface area contributed by atoms with Crippen LogP contribution >= 0.6 is 0 Å². The zero-order valence-electron chi connectivity index (χ0n) is 21.5. The van der Waals surface area contributed by atoms with Crippen molar-refractivity contribution in [3.8, 4) is 11.1 Å². The Balaban J connectivity index is 1.23. The van der Waals surface area contributed by atoms with Gasteiger partial charge in [0.15, 0.2) is 0 Å². The second kappa shape index (κ2) is 12.8. The van der Waals surface area contributed by atoms with Crippen molar-refractivity contribution >= 4 is 0 Å². The van der Waals surface area contributed by atoms with E-state index >= 15 is 0 Å². The van der Waals surface area contributed by atoms with Crippen molar-refractivity contribution < 1.29 is 0 Å². The highest BCUT2D eigenvalue weighted by Gasteiger charge is 2.22. The number of rotatable bonds is 10. The van der Waals surface area contributed by atoms with Crippen molar-refractivity contribution in [3.63, 3.8) is 0 Å². The first kappa shape index (κ1) is 24.6. The van der Waals surface area contributed by atoms with Gasteiger partial charge in [-0.05, 0) is 84.5 Å². The number of hydrogen-bond donors (Lipinski definition) is 0. The van der Waals surface area contributed by atoms with Crippen molar-refractivity contribution in [3.05, 3.63) is 59.7 Å². The standard InChI is InChI=1S/C33H48/c1-3-4-5-6-7-8-9-27-12-16-29(17-13-27)31-20-24-33(25-21-31)32-22-18-30(19-23-32)28-14-10-26(2)11-15-28/h18-29H,3-17H2,1-2H3/t26-,27-,28-,29-. The maximum atomic E-state index is 2.42. The highest BCUT2D eigenvalue weighted by atomic mass is 14.3. The van der Waals surface area contributed by atoms with Gasteiger partial charge in [-0.2, -0.15) is 0 Å². The fraction of sp³-hybridized carbons (Fsp3) is 0.636. The summed E-state index contributed by atoms with van der Waals surface area (Å²) >= 11 is 0. The van der Waals surface area contributed by atoms with Gasteiger partial charge >= 0.3 is 0 Å². The van der Waals surface area contributed by atoms with Crippen molar-refractivity contribution in [2.24, 2.45) is 11.8 Å². The van der Waals surface area contributed by atoms with Gasteiger partial charge in [-0.15, -0.1) is 0 Å². The molecule has 2 fully saturated rings. The molecule has 0 aliphatic heterocycles. The van der Waals surface area contributed by atoms with E-state index in [9.17, 15) is 0 Å². The van der Waals surface area contributed by atoms with E-state index < -0.39 is 0 Å². The molecule has 180 valence electrons. The Morgan fingerprint density at radius 3 is 1.52 bits per heavy atom. The molecule has 0 heteroatoms. The summed E-state index contributed by atoms with van der Waals surface area (Å²) in [6.07, 6.45) is 21.3. The van der Waals surface area contributed by atoms with Crippen LogP contribution in [-0.4, -0.2) is 0 Å². The number of hydrogen-bond acceptors (Lipinski definition) is 0. The molecule has 2 saturated carbocycles. The molecule has 2 aliphatic rings. The van der Waals surface area contributed by atoms with E-state index in [1.54, 1.807) is 11.1 Å². The molecule has 0 nitrogen and oxygen atoms in total. The minimum atomic E-state index is 0.786. The van der Waals surface area contributed by atoms with Crippen LogP contribution in [0.15, 0.2) is 48.5 Å². The molecule has 4 rings (SSSR count). The van der Waals surface area contributed by atoms with Crippen LogP contribution in [0.3, 0.4) is 0 Å². The van der Waals surface area contributed by atoms with Gasteiger partial charge in [0, 0.05) is 0 Å². The van der Waals surface area contributed by atoms with Crippen LogP contribution in [0.25, 0.3) is 11.1 Å². The first-order chi connectivity index (χ1) is 16.2. The Kier molecular flexibility index (Phi) is 9.51. The molecule has 0 heterocycles. The topological polar surface area (TPSA) is 0 Å². The van der Waals surface area contributed by atoms with Crippen LogP contribution in [0.4, 0.5) is 0 Å². The maximum Gasteiger partial charge on any atom is -0.0162 e. The molecule has 0 unspecified atom stereocenters. The minimum Gasteiger partial charge on any atom is -0.0654 e. The van der Waals surface area contributed by atoms with Crippen LogP contribution in [0.5, 0.6) is 0 Å². The summed E-state index contributed by atoms with van der Waals surface area (Å²) in [4.78, 5) is 0. The predicted molar refractivity (Wildman–Crippen MR) is 145 cm³/mol. The lowest BCUT2D eigenvalue weighted by molar-refractivity contribution is 0.302. The molecular formula is C33H48. The zero-order valence-corrected chi connectivity index (χ0v) is 21.5. The van der Waals surface area contributed by atoms with Gasteiger partial charge in [0.25, 0.3) is 0 Å². The van der Waals surface area contributed by atoms with Crippen molar-refractivity contribution in [1.29, 1.82) is 0 Å². The Morgan fingerprint density at radius 1 is 0.545 bits per heavy atom. The lowest BCUT2D eigenvalue weighted by Crippen LogP contribution is -2.13. The van der Waals surface area contributed by atoms with E-state index in [0.29, 0.717) is 0 Å². The average Bonchev–Trinajstić information content (AvgIpc) is 2.87. The summed E-state index contributed by atoms with van der Waals surface area (Å²) < 4.78 is 0. The van der Waals surface area contributed by atoms with Crippen molar-refractivity contribution in [2.75, 3.05) is 0 Å². The Labute approximate surface area is 204 Å². The third-order valence-corrected chi connectivity index (χ3v) is 8.93. The Morgan fingerprint density at radius 2 is 1.00 bits per heavy atom. The summed E-state index contributed by atoms with van der Waals surface area (Å²) in [7, 11) is 0. The zero-order chi connectivity index (χ0) is 22.9. The molecule has 0 spiro atoms. The van der Waals surface area contributed by atoms with E-state index in [4.69, 9.17) is 0 Å². The third kappa shape index (κ3) is 7.21. The second-order valence-electron chi connectivity index (χ2n) is 11.5. The summed E-state index contributed by atoms with van der Waals surface area (Å²) in [5.74, 6) is 3.50. The summed E-state index contributed by atoms with van der Waals surface area (Å²) in [5.41, 5.74) is 5.88. The third-order valence-electron chi connectivity index (χ3n) is 8.93. The maximum absolute atomic E-state index is 2.42. The lowest BCUT2D eigenvalue weighted by Gasteiger charge is -2.29. The van der Waals surface area contributed by atoms with E-state index in [1.807, 2.05) is 0 Å². The molecule has 0 atom stereocenters. The fourth-order valence-corrected chi connectivity index (χ4v) is 6.49. The Bertz CT molecular complexity index is 783. The quantitative estimate of drug-likeness (QED) is 0.320. The van der Waals surface area contributed by atoms with Crippen LogP contribution in [0.1, 0.15) is 133 Å². The molecule has 2 aromatic rings. The van der Waals surface area contributed by atoms with E-state index in [2.05, 4.69) is 62.4 Å².